The predicted octanol–water partition coefficient (Wildman–Crippen LogP) is 3.05. The lowest BCUT2D eigenvalue weighted by Crippen LogP contribution is -2.04. The Morgan fingerprint density at radius 3 is 2.68 bits per heavy atom. The summed E-state index contributed by atoms with van der Waals surface area (Å²) in [5.74, 6) is -0.563. The molecule has 0 saturated carbocycles. The van der Waals surface area contributed by atoms with Gasteiger partial charge in [0.2, 0.25) is 0 Å². The molecule has 1 aliphatic heterocycles. The van der Waals surface area contributed by atoms with Crippen LogP contribution >= 0.6 is 0 Å². The van der Waals surface area contributed by atoms with E-state index >= 15 is 0 Å². The Bertz CT molecular complexity index is 763. The molecule has 1 heterocycles. The standard InChI is InChI=1S/C18H15NO3/c1-22-18(21)13-8-10-14-15(17(20)19-16(14)11-13)9-7-12-5-3-2-4-6-12/h2-6,8-11H,7H2,1H3,(H,19,20). The minimum Gasteiger partial charge on any atom is -0.465 e. The molecule has 0 spiro atoms. The summed E-state index contributed by atoms with van der Waals surface area (Å²) in [6.45, 7) is 0. The van der Waals surface area contributed by atoms with Crippen molar-refractivity contribution in [2.75, 3.05) is 12.4 Å². The molecular weight excluding hydrogens is 278 g/mol. The van der Waals surface area contributed by atoms with Gasteiger partial charge in [0.25, 0.3) is 5.91 Å². The van der Waals surface area contributed by atoms with Gasteiger partial charge < -0.3 is 10.1 Å². The Kier molecular flexibility index (Phi) is 3.74. The molecule has 3 rings (SSSR count). The molecule has 2 aromatic carbocycles. The second kappa shape index (κ2) is 5.85. The summed E-state index contributed by atoms with van der Waals surface area (Å²) in [7, 11) is 1.33. The minimum absolute atomic E-state index is 0.145. The number of esters is 1. The van der Waals surface area contributed by atoms with Gasteiger partial charge in [0.05, 0.1) is 12.7 Å². The number of fused-ring (bicyclic) bond motifs is 1. The number of nitrogens with one attached hydrogen (secondary N) is 1. The van der Waals surface area contributed by atoms with Gasteiger partial charge in [-0.1, -0.05) is 42.5 Å². The SMILES string of the molecule is COC(=O)c1ccc2c(c1)NC(=O)C2=CCc1ccccc1. The number of hydrogen-bond acceptors (Lipinski definition) is 3. The van der Waals surface area contributed by atoms with E-state index in [-0.39, 0.29) is 5.91 Å². The maximum absolute atomic E-state index is 12.1. The van der Waals surface area contributed by atoms with Gasteiger partial charge in [0, 0.05) is 16.8 Å². The van der Waals surface area contributed by atoms with E-state index in [1.54, 1.807) is 18.2 Å². The molecule has 0 aliphatic carbocycles. The van der Waals surface area contributed by atoms with E-state index in [2.05, 4.69) is 10.1 Å². The Labute approximate surface area is 128 Å². The molecular formula is C18H15NO3. The lowest BCUT2D eigenvalue weighted by molar-refractivity contribution is -0.110. The highest BCUT2D eigenvalue weighted by Gasteiger charge is 2.24. The topological polar surface area (TPSA) is 55.4 Å². The second-order valence-electron chi connectivity index (χ2n) is 5.01. The highest BCUT2D eigenvalue weighted by Crippen LogP contribution is 2.32. The quantitative estimate of drug-likeness (QED) is 0.699. The van der Waals surface area contributed by atoms with Crippen molar-refractivity contribution in [2.24, 2.45) is 0 Å². The lowest BCUT2D eigenvalue weighted by Gasteiger charge is -2.02. The molecule has 0 unspecified atom stereocenters. The molecule has 0 aromatic heterocycles. The Hall–Kier alpha value is -2.88. The molecule has 4 heteroatoms. The van der Waals surface area contributed by atoms with Crippen LogP contribution < -0.4 is 5.32 Å². The number of amides is 1. The minimum atomic E-state index is -0.418. The van der Waals surface area contributed by atoms with Gasteiger partial charge in [0.15, 0.2) is 0 Å². The Morgan fingerprint density at radius 1 is 1.18 bits per heavy atom. The van der Waals surface area contributed by atoms with Crippen LogP contribution in [0.25, 0.3) is 5.57 Å². The average molecular weight is 293 g/mol. The van der Waals surface area contributed by atoms with E-state index < -0.39 is 5.97 Å². The van der Waals surface area contributed by atoms with Crippen molar-refractivity contribution in [1.29, 1.82) is 0 Å². The molecule has 4 nitrogen and oxygen atoms in total. The van der Waals surface area contributed by atoms with Gasteiger partial charge in [-0.2, -0.15) is 0 Å². The fraction of sp³-hybridized carbons (Fsp3) is 0.111. The molecule has 110 valence electrons. The number of methoxy groups -OCH3 is 1. The first-order valence-electron chi connectivity index (χ1n) is 6.97. The number of hydrogen-bond donors (Lipinski definition) is 1. The summed E-state index contributed by atoms with van der Waals surface area (Å²) in [5, 5.41) is 2.79. The van der Waals surface area contributed by atoms with Crippen LogP contribution in [0.4, 0.5) is 5.69 Å². The number of anilines is 1. The normalized spacial score (nSPS) is 14.6. The number of ether oxygens (including phenoxy) is 1. The molecule has 1 aliphatic rings. The van der Waals surface area contributed by atoms with Gasteiger partial charge in [-0.15, -0.1) is 0 Å². The summed E-state index contributed by atoms with van der Waals surface area (Å²) in [5.41, 5.74) is 3.66. The lowest BCUT2D eigenvalue weighted by atomic mass is 10.0. The molecule has 22 heavy (non-hydrogen) atoms. The van der Waals surface area contributed by atoms with Gasteiger partial charge in [0.1, 0.15) is 0 Å². The number of rotatable bonds is 3. The average Bonchev–Trinajstić information content (AvgIpc) is 2.87. The van der Waals surface area contributed by atoms with Gasteiger partial charge in [-0.25, -0.2) is 4.79 Å². The van der Waals surface area contributed by atoms with Crippen LogP contribution in [0.1, 0.15) is 21.5 Å². The van der Waals surface area contributed by atoms with Crippen LogP contribution in [0, 0.1) is 0 Å². The highest BCUT2D eigenvalue weighted by atomic mass is 16.5. The van der Waals surface area contributed by atoms with Crippen molar-refractivity contribution in [3.8, 4) is 0 Å². The molecule has 0 fully saturated rings. The van der Waals surface area contributed by atoms with Crippen LogP contribution in [0.5, 0.6) is 0 Å². The first-order valence-corrected chi connectivity index (χ1v) is 6.97. The van der Waals surface area contributed by atoms with E-state index in [9.17, 15) is 9.59 Å². The van der Waals surface area contributed by atoms with Crippen molar-refractivity contribution >= 4 is 23.1 Å². The highest BCUT2D eigenvalue weighted by molar-refractivity contribution is 6.31. The fourth-order valence-electron chi connectivity index (χ4n) is 2.48. The van der Waals surface area contributed by atoms with Crippen LogP contribution in [0.15, 0.2) is 54.6 Å². The summed E-state index contributed by atoms with van der Waals surface area (Å²) in [6.07, 6.45) is 2.59. The molecule has 2 aromatic rings. The van der Waals surface area contributed by atoms with Crippen molar-refractivity contribution in [2.45, 2.75) is 6.42 Å². The first-order chi connectivity index (χ1) is 10.7. The van der Waals surface area contributed by atoms with Crippen molar-refractivity contribution in [3.63, 3.8) is 0 Å². The van der Waals surface area contributed by atoms with Crippen molar-refractivity contribution < 1.29 is 14.3 Å². The zero-order valence-electron chi connectivity index (χ0n) is 12.1. The Balaban J connectivity index is 1.90. The second-order valence-corrected chi connectivity index (χ2v) is 5.01. The first kappa shape index (κ1) is 14.1. The van der Waals surface area contributed by atoms with Crippen LogP contribution in [0.2, 0.25) is 0 Å². The zero-order chi connectivity index (χ0) is 15.5. The number of carbonyl (C=O) groups is 2. The zero-order valence-corrected chi connectivity index (χ0v) is 12.1. The van der Waals surface area contributed by atoms with E-state index in [0.717, 1.165) is 11.1 Å². The van der Waals surface area contributed by atoms with E-state index in [1.807, 2.05) is 36.4 Å². The molecule has 1 amide bonds. The molecule has 0 radical (unpaired) electrons. The van der Waals surface area contributed by atoms with E-state index in [0.29, 0.717) is 23.2 Å². The third kappa shape index (κ3) is 2.63. The van der Waals surface area contributed by atoms with Crippen LogP contribution in [-0.4, -0.2) is 19.0 Å². The van der Waals surface area contributed by atoms with Gasteiger partial charge >= 0.3 is 5.97 Å². The van der Waals surface area contributed by atoms with Crippen molar-refractivity contribution in [3.05, 3.63) is 71.3 Å². The maximum atomic E-state index is 12.1. The molecule has 0 saturated heterocycles. The third-order valence-corrected chi connectivity index (χ3v) is 3.61. The van der Waals surface area contributed by atoms with Crippen molar-refractivity contribution in [1.82, 2.24) is 0 Å². The molecule has 0 bridgehead atoms. The number of carbonyl (C=O) groups excluding carboxylic acids is 2. The van der Waals surface area contributed by atoms with Crippen LogP contribution in [-0.2, 0) is 16.0 Å². The van der Waals surface area contributed by atoms with Gasteiger partial charge in [-0.05, 0) is 24.1 Å². The summed E-state index contributed by atoms with van der Waals surface area (Å²) in [6, 6.07) is 15.0. The summed E-state index contributed by atoms with van der Waals surface area (Å²) in [4.78, 5) is 23.6. The predicted molar refractivity (Wildman–Crippen MR) is 84.5 cm³/mol. The van der Waals surface area contributed by atoms with Crippen LogP contribution in [0.3, 0.4) is 0 Å². The fourth-order valence-corrected chi connectivity index (χ4v) is 2.48. The number of benzene rings is 2. The van der Waals surface area contributed by atoms with Gasteiger partial charge in [-0.3, -0.25) is 4.79 Å². The van der Waals surface area contributed by atoms with E-state index in [4.69, 9.17) is 0 Å². The largest absolute Gasteiger partial charge is 0.465 e. The summed E-state index contributed by atoms with van der Waals surface area (Å²) < 4.78 is 4.69. The molecule has 1 N–H and O–H groups in total. The number of allylic oxidation sites excluding steroid dienone is 1. The smallest absolute Gasteiger partial charge is 0.337 e. The monoisotopic (exact) mass is 293 g/mol. The maximum Gasteiger partial charge on any atom is 0.337 e. The summed E-state index contributed by atoms with van der Waals surface area (Å²) >= 11 is 0. The van der Waals surface area contributed by atoms with E-state index in [1.165, 1.54) is 7.11 Å². The Morgan fingerprint density at radius 2 is 1.95 bits per heavy atom. The third-order valence-electron chi connectivity index (χ3n) is 3.61. The molecule has 0 atom stereocenters.